The predicted molar refractivity (Wildman–Crippen MR) is 141 cm³/mol. The van der Waals surface area contributed by atoms with E-state index in [1.165, 1.54) is 31.9 Å². The second-order valence-electron chi connectivity index (χ2n) is 9.59. The number of cyclic esters (lactones) is 1. The molecule has 0 saturated carbocycles. The summed E-state index contributed by atoms with van der Waals surface area (Å²) in [5.74, 6) is -0.768. The van der Waals surface area contributed by atoms with Crippen molar-refractivity contribution >= 4 is 17.8 Å². The molecule has 1 aromatic heterocycles. The number of benzene rings is 1. The van der Waals surface area contributed by atoms with Crippen LogP contribution in [0.1, 0.15) is 68.9 Å². The maximum absolute atomic E-state index is 13.3. The van der Waals surface area contributed by atoms with Gasteiger partial charge in [0, 0.05) is 25.1 Å². The number of amides is 1. The summed E-state index contributed by atoms with van der Waals surface area (Å²) in [7, 11) is 1.42. The summed E-state index contributed by atoms with van der Waals surface area (Å²) >= 11 is 0. The molecule has 9 heteroatoms. The molecule has 2 aromatic rings. The van der Waals surface area contributed by atoms with E-state index in [1.807, 2.05) is 25.1 Å². The number of carbonyl (C=O) groups excluding carboxylic acids is 3. The van der Waals surface area contributed by atoms with E-state index in [9.17, 15) is 14.4 Å². The molecule has 1 N–H and O–H groups in total. The Hall–Kier alpha value is -3.62. The fourth-order valence-electron chi connectivity index (χ4n) is 5.02. The lowest BCUT2D eigenvalue weighted by Crippen LogP contribution is -2.43. The number of hydrogen-bond acceptors (Lipinski definition) is 8. The Morgan fingerprint density at radius 2 is 1.92 bits per heavy atom. The number of methoxy groups -OCH3 is 1. The van der Waals surface area contributed by atoms with Gasteiger partial charge in [-0.2, -0.15) is 0 Å². The predicted octanol–water partition coefficient (Wildman–Crippen LogP) is 4.48. The topological polar surface area (TPSA) is 113 Å². The fourth-order valence-corrected chi connectivity index (χ4v) is 5.02. The van der Waals surface area contributed by atoms with Gasteiger partial charge in [-0.05, 0) is 37.7 Å². The van der Waals surface area contributed by atoms with Gasteiger partial charge < -0.3 is 24.3 Å². The van der Waals surface area contributed by atoms with Crippen molar-refractivity contribution in [1.82, 2.24) is 10.3 Å². The highest BCUT2D eigenvalue weighted by molar-refractivity contribution is 5.98. The molecule has 38 heavy (non-hydrogen) atoms. The second-order valence-corrected chi connectivity index (χ2v) is 9.59. The van der Waals surface area contributed by atoms with E-state index in [0.717, 1.165) is 32.1 Å². The van der Waals surface area contributed by atoms with Gasteiger partial charge in [0.05, 0.1) is 7.11 Å². The summed E-state index contributed by atoms with van der Waals surface area (Å²) in [6, 6.07) is 11.0. The van der Waals surface area contributed by atoms with Gasteiger partial charge in [0.25, 0.3) is 5.91 Å². The Kier molecular flexibility index (Phi) is 10.9. The molecule has 1 aliphatic rings. The number of hydrogen-bond donors (Lipinski definition) is 1. The first-order valence-electron chi connectivity index (χ1n) is 13.2. The molecule has 9 nitrogen and oxygen atoms in total. The highest BCUT2D eigenvalue weighted by atomic mass is 16.7. The van der Waals surface area contributed by atoms with Gasteiger partial charge >= 0.3 is 11.9 Å². The molecule has 0 radical (unpaired) electrons. The Labute approximate surface area is 224 Å². The highest BCUT2D eigenvalue weighted by Gasteiger charge is 2.34. The summed E-state index contributed by atoms with van der Waals surface area (Å²) in [5.41, 5.74) is 1.14. The van der Waals surface area contributed by atoms with Gasteiger partial charge in [-0.1, -0.05) is 56.5 Å². The normalized spacial score (nSPS) is 21.7. The second kappa shape index (κ2) is 14.4. The average molecular weight is 527 g/mol. The molecule has 3 rings (SSSR count). The maximum atomic E-state index is 13.3. The Bertz CT molecular complexity index is 1080. The first-order chi connectivity index (χ1) is 18.3. The number of ether oxygens (including phenoxy) is 4. The van der Waals surface area contributed by atoms with Crippen LogP contribution in [0.5, 0.6) is 11.5 Å². The third-order valence-corrected chi connectivity index (χ3v) is 6.91. The third kappa shape index (κ3) is 7.94. The summed E-state index contributed by atoms with van der Waals surface area (Å²) in [5, 5.41) is 2.78. The van der Waals surface area contributed by atoms with Crippen molar-refractivity contribution in [2.24, 2.45) is 11.8 Å². The third-order valence-electron chi connectivity index (χ3n) is 6.91. The van der Waals surface area contributed by atoms with Crippen molar-refractivity contribution in [1.29, 1.82) is 0 Å². The van der Waals surface area contributed by atoms with E-state index in [4.69, 9.17) is 18.9 Å². The van der Waals surface area contributed by atoms with Crippen LogP contribution >= 0.6 is 0 Å². The van der Waals surface area contributed by atoms with Gasteiger partial charge in [0.1, 0.15) is 12.1 Å². The first-order valence-corrected chi connectivity index (χ1v) is 13.2. The van der Waals surface area contributed by atoms with Crippen LogP contribution < -0.4 is 14.8 Å². The zero-order valence-corrected chi connectivity index (χ0v) is 22.6. The monoisotopic (exact) mass is 526 g/mol. The molecule has 1 aliphatic heterocycles. The quantitative estimate of drug-likeness (QED) is 0.356. The van der Waals surface area contributed by atoms with Crippen molar-refractivity contribution in [2.75, 3.05) is 13.9 Å². The molecular formula is C29H38N2O7. The molecule has 1 aromatic carbocycles. The smallest absolute Gasteiger partial charge is 0.328 e. The van der Waals surface area contributed by atoms with Crippen LogP contribution in [0.15, 0.2) is 42.6 Å². The molecule has 1 saturated heterocycles. The number of nitrogens with one attached hydrogen (secondary N) is 1. The summed E-state index contributed by atoms with van der Waals surface area (Å²) < 4.78 is 21.6. The lowest BCUT2D eigenvalue weighted by Gasteiger charge is -2.31. The van der Waals surface area contributed by atoms with Crippen molar-refractivity contribution in [3.63, 3.8) is 0 Å². The van der Waals surface area contributed by atoms with E-state index in [1.54, 1.807) is 0 Å². The summed E-state index contributed by atoms with van der Waals surface area (Å²) in [6.07, 6.45) is 6.17. The molecule has 0 aliphatic carbocycles. The molecule has 0 bridgehead atoms. The maximum Gasteiger partial charge on any atom is 0.328 e. The van der Waals surface area contributed by atoms with E-state index >= 15 is 0 Å². The van der Waals surface area contributed by atoms with Gasteiger partial charge in [-0.25, -0.2) is 9.78 Å². The largest absolute Gasteiger partial charge is 0.493 e. The fraction of sp³-hybridized carbons (Fsp3) is 0.517. The van der Waals surface area contributed by atoms with Crippen LogP contribution in [-0.4, -0.2) is 48.9 Å². The highest BCUT2D eigenvalue weighted by Crippen LogP contribution is 2.33. The van der Waals surface area contributed by atoms with Gasteiger partial charge in [0.15, 0.2) is 17.2 Å². The number of rotatable bonds is 10. The number of carbonyl (C=O) groups is 3. The molecule has 1 amide bonds. The molecular weight excluding hydrogens is 488 g/mol. The van der Waals surface area contributed by atoms with E-state index in [-0.39, 0.29) is 29.2 Å². The molecule has 0 spiro atoms. The Balaban J connectivity index is 1.77. The Morgan fingerprint density at radius 3 is 2.61 bits per heavy atom. The summed E-state index contributed by atoms with van der Waals surface area (Å²) in [4.78, 5) is 41.8. The SMILES string of the molecule is CCCC1CCCC(NC(=O)c2nccc(OC)c2OCOC(C)=O)C(=O)OC(C)C1Cc1ccccc1. The van der Waals surface area contributed by atoms with E-state index < -0.39 is 30.7 Å². The molecule has 4 atom stereocenters. The van der Waals surface area contributed by atoms with Crippen LogP contribution in [-0.2, 0) is 25.5 Å². The minimum atomic E-state index is -0.836. The Morgan fingerprint density at radius 1 is 1.16 bits per heavy atom. The number of aromatic nitrogens is 1. The zero-order chi connectivity index (χ0) is 27.5. The van der Waals surface area contributed by atoms with Crippen LogP contribution in [0, 0.1) is 11.8 Å². The first kappa shape index (κ1) is 28.9. The van der Waals surface area contributed by atoms with Crippen molar-refractivity contribution < 1.29 is 33.3 Å². The van der Waals surface area contributed by atoms with Crippen LogP contribution in [0.4, 0.5) is 0 Å². The minimum Gasteiger partial charge on any atom is -0.493 e. The van der Waals surface area contributed by atoms with Crippen molar-refractivity contribution in [2.45, 2.75) is 71.4 Å². The van der Waals surface area contributed by atoms with Crippen molar-refractivity contribution in [3.8, 4) is 11.5 Å². The lowest BCUT2D eigenvalue weighted by atomic mass is 9.78. The number of esters is 2. The zero-order valence-electron chi connectivity index (χ0n) is 22.6. The van der Waals surface area contributed by atoms with E-state index in [0.29, 0.717) is 12.3 Å². The van der Waals surface area contributed by atoms with Gasteiger partial charge in [0.2, 0.25) is 6.79 Å². The molecule has 4 unspecified atom stereocenters. The number of nitrogens with zero attached hydrogens (tertiary/aromatic N) is 1. The van der Waals surface area contributed by atoms with Gasteiger partial charge in [-0.3, -0.25) is 9.59 Å². The lowest BCUT2D eigenvalue weighted by molar-refractivity contribution is -0.154. The van der Waals surface area contributed by atoms with Crippen molar-refractivity contribution in [3.05, 3.63) is 53.9 Å². The molecule has 206 valence electrons. The van der Waals surface area contributed by atoms with Crippen LogP contribution in [0.3, 0.4) is 0 Å². The summed E-state index contributed by atoms with van der Waals surface area (Å²) in [6.45, 7) is 4.95. The van der Waals surface area contributed by atoms with E-state index in [2.05, 4.69) is 29.4 Å². The van der Waals surface area contributed by atoms with Crippen LogP contribution in [0.2, 0.25) is 0 Å². The minimum absolute atomic E-state index is 0.0180. The molecule has 2 heterocycles. The number of pyridine rings is 1. The van der Waals surface area contributed by atoms with Crippen LogP contribution in [0.25, 0.3) is 0 Å². The average Bonchev–Trinajstić information content (AvgIpc) is 2.95. The van der Waals surface area contributed by atoms with Gasteiger partial charge in [-0.15, -0.1) is 0 Å². The molecule has 1 fully saturated rings. The standard InChI is InChI=1S/C29H38N2O7/c1-5-10-22-13-9-14-24(29(34)38-19(2)23(22)17-21-11-7-6-8-12-21)31-28(33)26-27(37-18-36-20(3)32)25(35-4)15-16-30-26/h6-8,11-12,15-16,19,22-24H,5,9-10,13-14,17-18H2,1-4H3,(H,31,33).